The zero-order chi connectivity index (χ0) is 22.6. The number of fused-ring (bicyclic) bond motifs is 1. The van der Waals surface area contributed by atoms with Gasteiger partial charge >= 0.3 is 0 Å². The van der Waals surface area contributed by atoms with Crippen LogP contribution in [0.4, 0.5) is 5.69 Å². The summed E-state index contributed by atoms with van der Waals surface area (Å²) in [4.78, 5) is 12.2. The summed E-state index contributed by atoms with van der Waals surface area (Å²) in [5.74, 6) is 0.504. The minimum Gasteiger partial charge on any atom is -0.493 e. The van der Waals surface area contributed by atoms with E-state index >= 15 is 0 Å². The van der Waals surface area contributed by atoms with E-state index in [1.54, 1.807) is 60.7 Å². The van der Waals surface area contributed by atoms with Gasteiger partial charge in [-0.2, -0.15) is 0 Å². The third-order valence-corrected chi connectivity index (χ3v) is 6.32. The second kappa shape index (κ2) is 9.25. The Hall–Kier alpha value is -3.62. The predicted octanol–water partition coefficient (Wildman–Crippen LogP) is 4.56. The highest BCUT2D eigenvalue weighted by atomic mass is 32.2. The molecule has 8 heteroatoms. The highest BCUT2D eigenvalue weighted by molar-refractivity contribution is 7.89. The molecule has 0 aliphatic rings. The number of rotatable bonds is 8. The third kappa shape index (κ3) is 4.66. The molecule has 4 rings (SSSR count). The Morgan fingerprint density at radius 3 is 2.38 bits per heavy atom. The summed E-state index contributed by atoms with van der Waals surface area (Å²) in [7, 11) is -3.76. The predicted molar refractivity (Wildman–Crippen MR) is 122 cm³/mol. The molecule has 0 saturated carbocycles. The van der Waals surface area contributed by atoms with Crippen LogP contribution in [0.15, 0.2) is 88.4 Å². The van der Waals surface area contributed by atoms with E-state index in [-0.39, 0.29) is 23.1 Å². The fraction of sp³-hybridized carbons (Fsp3) is 0.125. The number of carbonyl (C=O) groups excluding carboxylic acids is 1. The molecule has 0 atom stereocenters. The minimum atomic E-state index is -3.76. The maximum atomic E-state index is 13.0. The van der Waals surface area contributed by atoms with Crippen molar-refractivity contribution in [1.29, 1.82) is 0 Å². The number of benzene rings is 3. The molecule has 0 saturated heterocycles. The van der Waals surface area contributed by atoms with E-state index in [4.69, 9.17) is 9.15 Å². The first-order valence-corrected chi connectivity index (χ1v) is 11.5. The third-order valence-electron chi connectivity index (χ3n) is 4.86. The fourth-order valence-electron chi connectivity index (χ4n) is 3.32. The lowest BCUT2D eigenvalue weighted by molar-refractivity contribution is 0.0996. The van der Waals surface area contributed by atoms with Gasteiger partial charge in [0.05, 0.1) is 17.8 Å². The van der Waals surface area contributed by atoms with Crippen LogP contribution in [-0.4, -0.2) is 20.9 Å². The minimum absolute atomic E-state index is 0.107. The Bertz CT molecular complexity index is 1330. The molecule has 0 radical (unpaired) electrons. The molecular weight excluding hydrogens is 428 g/mol. The lowest BCUT2D eigenvalue weighted by Crippen LogP contribution is -2.23. The Morgan fingerprint density at radius 1 is 0.938 bits per heavy atom. The van der Waals surface area contributed by atoms with Gasteiger partial charge in [-0.25, -0.2) is 13.1 Å². The molecule has 0 spiro atoms. The monoisotopic (exact) mass is 450 g/mol. The Morgan fingerprint density at radius 2 is 1.69 bits per heavy atom. The molecule has 1 heterocycles. The SMILES string of the molecule is CCOc1ccc(S(=O)(=O)NCc2ccc(NC(=O)c3ccco3)cc2)c2ccccc12. The Balaban J connectivity index is 1.48. The molecule has 1 aromatic heterocycles. The van der Waals surface area contributed by atoms with Gasteiger partial charge in [-0.1, -0.05) is 36.4 Å². The van der Waals surface area contributed by atoms with Crippen molar-refractivity contribution < 1.29 is 22.4 Å². The van der Waals surface area contributed by atoms with E-state index in [0.717, 1.165) is 10.9 Å². The molecule has 7 nitrogen and oxygen atoms in total. The fourth-order valence-corrected chi connectivity index (χ4v) is 4.55. The van der Waals surface area contributed by atoms with Gasteiger partial charge < -0.3 is 14.5 Å². The van der Waals surface area contributed by atoms with Gasteiger partial charge in [0, 0.05) is 23.0 Å². The number of ether oxygens (including phenoxy) is 1. The first-order chi connectivity index (χ1) is 15.5. The summed E-state index contributed by atoms with van der Waals surface area (Å²) in [6.45, 7) is 2.48. The molecule has 4 aromatic rings. The molecule has 1 amide bonds. The van der Waals surface area contributed by atoms with E-state index in [2.05, 4.69) is 10.0 Å². The van der Waals surface area contributed by atoms with Crippen molar-refractivity contribution in [3.63, 3.8) is 0 Å². The largest absolute Gasteiger partial charge is 0.493 e. The van der Waals surface area contributed by atoms with Gasteiger partial charge in [-0.15, -0.1) is 0 Å². The van der Waals surface area contributed by atoms with Gasteiger partial charge in [-0.05, 0) is 48.9 Å². The molecule has 0 fully saturated rings. The molecule has 32 heavy (non-hydrogen) atoms. The zero-order valence-corrected chi connectivity index (χ0v) is 18.2. The number of carbonyl (C=O) groups is 1. The number of hydrogen-bond acceptors (Lipinski definition) is 5. The smallest absolute Gasteiger partial charge is 0.291 e. The normalized spacial score (nSPS) is 11.4. The summed E-state index contributed by atoms with van der Waals surface area (Å²) in [5.41, 5.74) is 1.33. The molecule has 0 aliphatic heterocycles. The lowest BCUT2D eigenvalue weighted by atomic mass is 10.1. The maximum Gasteiger partial charge on any atom is 0.291 e. The number of sulfonamides is 1. The zero-order valence-electron chi connectivity index (χ0n) is 17.4. The average molecular weight is 451 g/mol. The first kappa shape index (κ1) is 21.6. The number of amides is 1. The Kier molecular flexibility index (Phi) is 6.25. The van der Waals surface area contributed by atoms with Crippen LogP contribution in [-0.2, 0) is 16.6 Å². The topological polar surface area (TPSA) is 97.6 Å². The van der Waals surface area contributed by atoms with Crippen molar-refractivity contribution in [3.8, 4) is 5.75 Å². The molecule has 0 unspecified atom stereocenters. The second-order valence-corrected chi connectivity index (χ2v) is 8.73. The van der Waals surface area contributed by atoms with Crippen LogP contribution in [0.25, 0.3) is 10.8 Å². The van der Waals surface area contributed by atoms with Crippen molar-refractivity contribution >= 4 is 32.4 Å². The Labute approximate surface area is 186 Å². The van der Waals surface area contributed by atoms with Crippen molar-refractivity contribution in [3.05, 3.63) is 90.4 Å². The van der Waals surface area contributed by atoms with Crippen LogP contribution in [0.3, 0.4) is 0 Å². The van der Waals surface area contributed by atoms with Crippen molar-refractivity contribution in [1.82, 2.24) is 4.72 Å². The maximum absolute atomic E-state index is 13.0. The summed E-state index contributed by atoms with van der Waals surface area (Å²) < 4.78 is 39.4. The van der Waals surface area contributed by atoms with E-state index < -0.39 is 10.0 Å². The van der Waals surface area contributed by atoms with Crippen LogP contribution in [0.1, 0.15) is 23.0 Å². The summed E-state index contributed by atoms with van der Waals surface area (Å²) in [6, 6.07) is 20.6. The van der Waals surface area contributed by atoms with E-state index in [0.29, 0.717) is 23.4 Å². The summed E-state index contributed by atoms with van der Waals surface area (Å²) in [5, 5.41) is 4.07. The second-order valence-electron chi connectivity index (χ2n) is 6.99. The van der Waals surface area contributed by atoms with Gasteiger partial charge in [-0.3, -0.25) is 4.79 Å². The van der Waals surface area contributed by atoms with Gasteiger partial charge in [0.2, 0.25) is 10.0 Å². The van der Waals surface area contributed by atoms with Crippen LogP contribution >= 0.6 is 0 Å². The van der Waals surface area contributed by atoms with Crippen LogP contribution in [0.5, 0.6) is 5.75 Å². The number of nitrogens with one attached hydrogen (secondary N) is 2. The standard InChI is InChI=1S/C24H22N2O5S/c1-2-30-21-13-14-23(20-7-4-3-6-19(20)21)32(28,29)25-16-17-9-11-18(12-10-17)26-24(27)22-8-5-15-31-22/h3-15,25H,2,16H2,1H3,(H,26,27). The lowest BCUT2D eigenvalue weighted by Gasteiger charge is -2.13. The van der Waals surface area contributed by atoms with E-state index in [1.165, 1.54) is 6.26 Å². The van der Waals surface area contributed by atoms with Gasteiger partial charge in [0.25, 0.3) is 5.91 Å². The quantitative estimate of drug-likeness (QED) is 0.410. The molecule has 3 aromatic carbocycles. The highest BCUT2D eigenvalue weighted by Gasteiger charge is 2.19. The van der Waals surface area contributed by atoms with E-state index in [1.807, 2.05) is 19.1 Å². The molecule has 164 valence electrons. The van der Waals surface area contributed by atoms with Crippen LogP contribution < -0.4 is 14.8 Å². The van der Waals surface area contributed by atoms with Crippen LogP contribution in [0, 0.1) is 0 Å². The summed E-state index contributed by atoms with van der Waals surface area (Å²) >= 11 is 0. The number of furan rings is 1. The molecule has 0 bridgehead atoms. The van der Waals surface area contributed by atoms with Crippen molar-refractivity contribution in [2.75, 3.05) is 11.9 Å². The van der Waals surface area contributed by atoms with E-state index in [9.17, 15) is 13.2 Å². The molecular formula is C24H22N2O5S. The van der Waals surface area contributed by atoms with Crippen molar-refractivity contribution in [2.24, 2.45) is 0 Å². The number of anilines is 1. The average Bonchev–Trinajstić information content (AvgIpc) is 3.34. The number of hydrogen-bond donors (Lipinski definition) is 2. The van der Waals surface area contributed by atoms with Crippen molar-refractivity contribution in [2.45, 2.75) is 18.4 Å². The first-order valence-electron chi connectivity index (χ1n) is 10.1. The van der Waals surface area contributed by atoms with Crippen LogP contribution in [0.2, 0.25) is 0 Å². The summed E-state index contributed by atoms with van der Waals surface area (Å²) in [6.07, 6.45) is 1.43. The molecule has 0 aliphatic carbocycles. The van der Waals surface area contributed by atoms with Gasteiger partial charge in [0.1, 0.15) is 5.75 Å². The van der Waals surface area contributed by atoms with Gasteiger partial charge in [0.15, 0.2) is 5.76 Å². The molecule has 2 N–H and O–H groups in total. The highest BCUT2D eigenvalue weighted by Crippen LogP contribution is 2.31.